The van der Waals surface area contributed by atoms with Crippen LogP contribution in [-0.2, 0) is 5.41 Å². The molecule has 0 radical (unpaired) electrons. The molecule has 2 heterocycles. The molecular formula is C67H56N4. The first-order valence-corrected chi connectivity index (χ1v) is 24.8. The summed E-state index contributed by atoms with van der Waals surface area (Å²) in [7, 11) is 0. The lowest BCUT2D eigenvalue weighted by atomic mass is 9.82. The van der Waals surface area contributed by atoms with Gasteiger partial charge in [-0.3, -0.25) is 0 Å². The number of hydrogen-bond donors (Lipinski definition) is 0. The molecule has 1 atom stereocenters. The Kier molecular flexibility index (Phi) is 12.4. The summed E-state index contributed by atoms with van der Waals surface area (Å²) in [5.41, 5.74) is 15.7. The van der Waals surface area contributed by atoms with Gasteiger partial charge in [-0.25, -0.2) is 15.0 Å². The molecular weight excluding hydrogens is 861 g/mol. The third kappa shape index (κ3) is 9.01. The first-order valence-electron chi connectivity index (χ1n) is 24.8. The summed E-state index contributed by atoms with van der Waals surface area (Å²) < 4.78 is 2.72. The van der Waals surface area contributed by atoms with Crippen molar-refractivity contribution in [2.75, 3.05) is 0 Å². The van der Waals surface area contributed by atoms with Gasteiger partial charge in [0.05, 0.1) is 17.1 Å². The minimum Gasteiger partial charge on any atom is -0.331 e. The van der Waals surface area contributed by atoms with Gasteiger partial charge in [-0.1, -0.05) is 240 Å². The smallest absolute Gasteiger partial charge is 0.164 e. The van der Waals surface area contributed by atoms with E-state index in [1.54, 1.807) is 0 Å². The van der Waals surface area contributed by atoms with Crippen molar-refractivity contribution < 1.29 is 0 Å². The summed E-state index contributed by atoms with van der Waals surface area (Å²) in [4.78, 5) is 15.7. The summed E-state index contributed by atoms with van der Waals surface area (Å²) in [6.07, 6.45) is 14.6. The van der Waals surface area contributed by atoms with Gasteiger partial charge in [-0.2, -0.15) is 0 Å². The highest BCUT2D eigenvalue weighted by Crippen LogP contribution is 2.50. The standard InChI is InChI=1S/C67H56N4/c1-5-26-53(66-69-64(51-37-20-10-21-38-51)68-65(70-66)52-39-22-11-23-40-52)41-56(48-31-16-8-17-32-48)61(50-35-24-25-36-50)71-62-57(49-33-18-9-19-34-49)42-54(46-27-12-6-13-28-46)43-58(62)59-44-55(47-29-14-7-15-30-47)45-60(63(59)71)67(2,3)4/h6-45,50,61H,5H2,1-4H3/b53-26+,56-41-. The molecule has 0 aliphatic heterocycles. The fraction of sp³-hybridized carbons (Fsp3) is 0.119. The van der Waals surface area contributed by atoms with Crippen LogP contribution in [0.5, 0.6) is 0 Å². The molecule has 0 spiro atoms. The first kappa shape index (κ1) is 45.0. The number of nitrogens with zero attached hydrogens (tertiary/aromatic N) is 4. The van der Waals surface area contributed by atoms with Crippen molar-refractivity contribution in [1.29, 1.82) is 0 Å². The number of rotatable bonds is 12. The molecule has 1 aliphatic rings. The van der Waals surface area contributed by atoms with E-state index in [1.165, 1.54) is 60.8 Å². The second-order valence-corrected chi connectivity index (χ2v) is 19.4. The molecule has 344 valence electrons. The van der Waals surface area contributed by atoms with Crippen LogP contribution in [0.2, 0.25) is 0 Å². The maximum absolute atomic E-state index is 5.32. The Hall–Kier alpha value is -8.47. The van der Waals surface area contributed by atoms with E-state index in [4.69, 9.17) is 15.0 Å². The van der Waals surface area contributed by atoms with Crippen LogP contribution in [0, 0.1) is 5.92 Å². The van der Waals surface area contributed by atoms with Gasteiger partial charge in [0.25, 0.3) is 0 Å². The Bertz CT molecular complexity index is 3550. The zero-order valence-electron chi connectivity index (χ0n) is 40.7. The molecule has 0 N–H and O–H groups in total. The zero-order valence-corrected chi connectivity index (χ0v) is 40.7. The van der Waals surface area contributed by atoms with Crippen LogP contribution in [0.4, 0.5) is 0 Å². The third-order valence-corrected chi connectivity index (χ3v) is 13.6. The van der Waals surface area contributed by atoms with Crippen molar-refractivity contribution in [3.8, 4) is 56.2 Å². The Morgan fingerprint density at radius 1 is 0.507 bits per heavy atom. The fourth-order valence-electron chi connectivity index (χ4n) is 10.3. The average Bonchev–Trinajstić information content (AvgIpc) is 4.08. The van der Waals surface area contributed by atoms with Gasteiger partial charge in [0, 0.05) is 39.0 Å². The maximum atomic E-state index is 5.32. The van der Waals surface area contributed by atoms with Crippen LogP contribution in [0.1, 0.15) is 57.1 Å². The average molecular weight is 917 g/mol. The molecule has 4 nitrogen and oxygen atoms in total. The van der Waals surface area contributed by atoms with Crippen molar-refractivity contribution in [1.82, 2.24) is 19.5 Å². The molecule has 11 rings (SSSR count). The maximum Gasteiger partial charge on any atom is 0.164 e. The highest BCUT2D eigenvalue weighted by molar-refractivity contribution is 6.16. The van der Waals surface area contributed by atoms with Crippen LogP contribution in [0.3, 0.4) is 0 Å². The molecule has 2 aromatic heterocycles. The zero-order chi connectivity index (χ0) is 48.3. The van der Waals surface area contributed by atoms with Crippen molar-refractivity contribution in [3.63, 3.8) is 0 Å². The van der Waals surface area contributed by atoms with E-state index in [0.717, 1.165) is 34.3 Å². The summed E-state index contributed by atoms with van der Waals surface area (Å²) >= 11 is 0. The second kappa shape index (κ2) is 19.5. The van der Waals surface area contributed by atoms with E-state index in [2.05, 4.69) is 239 Å². The fourth-order valence-corrected chi connectivity index (χ4v) is 10.3. The van der Waals surface area contributed by atoms with Crippen LogP contribution < -0.4 is 0 Å². The van der Waals surface area contributed by atoms with E-state index < -0.39 is 0 Å². The molecule has 0 amide bonds. The third-order valence-electron chi connectivity index (χ3n) is 13.6. The quantitative estimate of drug-likeness (QED) is 0.115. The molecule has 1 aliphatic carbocycles. The van der Waals surface area contributed by atoms with Crippen LogP contribution in [-0.4, -0.2) is 19.5 Å². The summed E-state index contributed by atoms with van der Waals surface area (Å²) in [6, 6.07) is 73.7. The van der Waals surface area contributed by atoms with Gasteiger partial charge in [0.1, 0.15) is 0 Å². The molecule has 10 aromatic rings. The van der Waals surface area contributed by atoms with E-state index in [-0.39, 0.29) is 17.4 Å². The summed E-state index contributed by atoms with van der Waals surface area (Å²) in [5, 5.41) is 2.44. The molecule has 0 fully saturated rings. The summed E-state index contributed by atoms with van der Waals surface area (Å²) in [5.74, 6) is 1.89. The number of fused-ring (bicyclic) bond motifs is 3. The minimum atomic E-state index is -0.243. The molecule has 0 saturated carbocycles. The number of hydrogen-bond acceptors (Lipinski definition) is 3. The number of benzene rings is 8. The Morgan fingerprint density at radius 2 is 0.958 bits per heavy atom. The lowest BCUT2D eigenvalue weighted by molar-refractivity contribution is 0.560. The Labute approximate surface area is 417 Å². The topological polar surface area (TPSA) is 43.6 Å². The lowest BCUT2D eigenvalue weighted by Gasteiger charge is -2.32. The lowest BCUT2D eigenvalue weighted by Crippen LogP contribution is -2.21. The predicted molar refractivity (Wildman–Crippen MR) is 299 cm³/mol. The van der Waals surface area contributed by atoms with Crippen molar-refractivity contribution in [2.45, 2.75) is 45.6 Å². The normalized spacial score (nSPS) is 13.6. The largest absolute Gasteiger partial charge is 0.331 e. The highest BCUT2D eigenvalue weighted by atomic mass is 15.0. The van der Waals surface area contributed by atoms with Gasteiger partial charge < -0.3 is 4.57 Å². The van der Waals surface area contributed by atoms with Crippen molar-refractivity contribution in [3.05, 3.63) is 260 Å². The van der Waals surface area contributed by atoms with E-state index in [0.29, 0.717) is 17.5 Å². The molecule has 8 aromatic carbocycles. The van der Waals surface area contributed by atoms with Gasteiger partial charge in [0.15, 0.2) is 17.5 Å². The molecule has 0 bridgehead atoms. The first-order chi connectivity index (χ1) is 34.8. The number of aromatic nitrogens is 4. The van der Waals surface area contributed by atoms with Crippen LogP contribution in [0.25, 0.3) is 89.1 Å². The Balaban J connectivity index is 1.28. The minimum absolute atomic E-state index is 0.0136. The van der Waals surface area contributed by atoms with Crippen LogP contribution in [0.15, 0.2) is 243 Å². The molecule has 0 saturated heterocycles. The Morgan fingerprint density at radius 3 is 1.45 bits per heavy atom. The van der Waals surface area contributed by atoms with Gasteiger partial charge in [0.2, 0.25) is 0 Å². The van der Waals surface area contributed by atoms with Gasteiger partial charge >= 0.3 is 0 Å². The van der Waals surface area contributed by atoms with Crippen molar-refractivity contribution in [2.24, 2.45) is 5.92 Å². The number of allylic oxidation sites excluding steroid dienone is 8. The van der Waals surface area contributed by atoms with E-state index in [1.807, 2.05) is 36.4 Å². The predicted octanol–water partition coefficient (Wildman–Crippen LogP) is 17.5. The second-order valence-electron chi connectivity index (χ2n) is 19.4. The molecule has 4 heteroatoms. The van der Waals surface area contributed by atoms with Crippen LogP contribution >= 0.6 is 0 Å². The van der Waals surface area contributed by atoms with Crippen molar-refractivity contribution >= 4 is 33.0 Å². The monoisotopic (exact) mass is 916 g/mol. The van der Waals surface area contributed by atoms with E-state index in [9.17, 15) is 0 Å². The van der Waals surface area contributed by atoms with Gasteiger partial charge in [-0.05, 0) is 86.7 Å². The highest BCUT2D eigenvalue weighted by Gasteiger charge is 2.34. The molecule has 1 unspecified atom stereocenters. The molecule has 71 heavy (non-hydrogen) atoms. The SMILES string of the molecule is CC/C=C(\C=C(\c1ccccc1)C(C1C=CC=C1)n1c2c(-c3ccccc3)cc(-c3ccccc3)cc2c2cc(-c3ccccc3)cc(C(C)(C)C)c21)c1nc(-c2ccccc2)nc(-c2ccccc2)n1. The van der Waals surface area contributed by atoms with E-state index >= 15 is 0 Å². The summed E-state index contributed by atoms with van der Waals surface area (Å²) in [6.45, 7) is 9.28. The van der Waals surface area contributed by atoms with Gasteiger partial charge in [-0.15, -0.1) is 0 Å².